The SMILES string of the molecule is C[C@H](C[C@H](C)C[C@H](C)[C@H](C)O)C[C@H](C)[C@H](C)O. The van der Waals surface area contributed by atoms with E-state index in [9.17, 15) is 10.2 Å². The average Bonchev–Trinajstić information content (AvgIpc) is 2.16. The molecule has 104 valence electrons. The van der Waals surface area contributed by atoms with Crippen molar-refractivity contribution in [2.45, 2.75) is 73.0 Å². The summed E-state index contributed by atoms with van der Waals surface area (Å²) >= 11 is 0. The van der Waals surface area contributed by atoms with Crippen molar-refractivity contribution in [3.8, 4) is 0 Å². The molecule has 0 saturated carbocycles. The molecule has 2 heteroatoms. The van der Waals surface area contributed by atoms with E-state index in [1.165, 1.54) is 6.42 Å². The lowest BCUT2D eigenvalue weighted by Crippen LogP contribution is -2.19. The first kappa shape index (κ1) is 16.9. The average molecular weight is 244 g/mol. The van der Waals surface area contributed by atoms with Crippen LogP contribution in [0, 0.1) is 23.7 Å². The standard InChI is InChI=1S/C15H32O2/c1-10(8-12(3)14(5)16)7-11(2)9-13(4)15(6)17/h10-17H,7-9H2,1-6H3/t10-,11+,12-,13-,14-,15-/m0/s1. The van der Waals surface area contributed by atoms with Crippen LogP contribution in [0.1, 0.15) is 60.8 Å². The lowest BCUT2D eigenvalue weighted by Gasteiger charge is -2.24. The van der Waals surface area contributed by atoms with Gasteiger partial charge in [0.25, 0.3) is 0 Å². The molecular weight excluding hydrogens is 212 g/mol. The molecule has 0 aromatic carbocycles. The van der Waals surface area contributed by atoms with Gasteiger partial charge in [0.2, 0.25) is 0 Å². The molecule has 0 heterocycles. The van der Waals surface area contributed by atoms with E-state index in [0.717, 1.165) is 12.8 Å². The van der Waals surface area contributed by atoms with Crippen molar-refractivity contribution in [1.82, 2.24) is 0 Å². The summed E-state index contributed by atoms with van der Waals surface area (Å²) in [5.41, 5.74) is 0. The van der Waals surface area contributed by atoms with Gasteiger partial charge in [0, 0.05) is 0 Å². The van der Waals surface area contributed by atoms with Gasteiger partial charge in [-0.1, -0.05) is 27.7 Å². The summed E-state index contributed by atoms with van der Waals surface area (Å²) in [7, 11) is 0. The van der Waals surface area contributed by atoms with Crippen molar-refractivity contribution in [2.75, 3.05) is 0 Å². The summed E-state index contributed by atoms with van der Waals surface area (Å²) in [4.78, 5) is 0. The zero-order valence-electron chi connectivity index (χ0n) is 12.5. The molecule has 0 radical (unpaired) electrons. The molecule has 0 spiro atoms. The van der Waals surface area contributed by atoms with Gasteiger partial charge in [0.1, 0.15) is 0 Å². The molecule has 0 aliphatic rings. The summed E-state index contributed by atoms with van der Waals surface area (Å²) < 4.78 is 0. The zero-order chi connectivity index (χ0) is 13.6. The van der Waals surface area contributed by atoms with Crippen LogP contribution in [-0.2, 0) is 0 Å². The van der Waals surface area contributed by atoms with Crippen LogP contribution in [0.25, 0.3) is 0 Å². The van der Waals surface area contributed by atoms with Gasteiger partial charge < -0.3 is 10.2 Å². The van der Waals surface area contributed by atoms with Crippen LogP contribution in [0.3, 0.4) is 0 Å². The predicted molar refractivity (Wildman–Crippen MR) is 73.9 cm³/mol. The molecule has 6 atom stereocenters. The number of hydrogen-bond donors (Lipinski definition) is 2. The van der Waals surface area contributed by atoms with Crippen LogP contribution in [0.5, 0.6) is 0 Å². The summed E-state index contributed by atoms with van der Waals surface area (Å²) in [6.07, 6.45) is 2.96. The topological polar surface area (TPSA) is 40.5 Å². The van der Waals surface area contributed by atoms with Crippen molar-refractivity contribution in [1.29, 1.82) is 0 Å². The Morgan fingerprint density at radius 2 is 0.882 bits per heavy atom. The van der Waals surface area contributed by atoms with Gasteiger partial charge in [-0.3, -0.25) is 0 Å². The molecule has 0 aromatic rings. The van der Waals surface area contributed by atoms with Gasteiger partial charge in [-0.2, -0.15) is 0 Å². The molecule has 0 aromatic heterocycles. The van der Waals surface area contributed by atoms with E-state index in [4.69, 9.17) is 0 Å². The number of aliphatic hydroxyl groups excluding tert-OH is 2. The number of rotatable bonds is 8. The fourth-order valence-corrected chi connectivity index (χ4v) is 2.54. The highest BCUT2D eigenvalue weighted by atomic mass is 16.3. The Bertz CT molecular complexity index is 169. The summed E-state index contributed by atoms with van der Waals surface area (Å²) in [6, 6.07) is 0. The Kier molecular flexibility index (Phi) is 8.06. The maximum Gasteiger partial charge on any atom is 0.0537 e. The molecule has 17 heavy (non-hydrogen) atoms. The normalized spacial score (nSPS) is 22.6. The maximum absolute atomic E-state index is 9.49. The first-order valence-electron chi connectivity index (χ1n) is 7.10. The predicted octanol–water partition coefficient (Wildman–Crippen LogP) is 3.46. The largest absolute Gasteiger partial charge is 0.393 e. The molecule has 0 aliphatic carbocycles. The van der Waals surface area contributed by atoms with E-state index in [1.54, 1.807) is 0 Å². The van der Waals surface area contributed by atoms with E-state index in [1.807, 2.05) is 13.8 Å². The Hall–Kier alpha value is -0.0800. The Morgan fingerprint density at radius 3 is 1.12 bits per heavy atom. The van der Waals surface area contributed by atoms with E-state index < -0.39 is 0 Å². The third kappa shape index (κ3) is 7.77. The van der Waals surface area contributed by atoms with Crippen LogP contribution in [0.15, 0.2) is 0 Å². The van der Waals surface area contributed by atoms with Crippen LogP contribution < -0.4 is 0 Å². The van der Waals surface area contributed by atoms with Gasteiger partial charge in [0.15, 0.2) is 0 Å². The number of hydrogen-bond acceptors (Lipinski definition) is 2. The van der Waals surface area contributed by atoms with Gasteiger partial charge >= 0.3 is 0 Å². The molecule has 0 aliphatic heterocycles. The van der Waals surface area contributed by atoms with E-state index in [0.29, 0.717) is 23.7 Å². The highest BCUT2D eigenvalue weighted by Gasteiger charge is 2.18. The molecule has 0 saturated heterocycles. The Labute approximate surface area is 107 Å². The fourth-order valence-electron chi connectivity index (χ4n) is 2.54. The van der Waals surface area contributed by atoms with E-state index in [-0.39, 0.29) is 12.2 Å². The minimum Gasteiger partial charge on any atom is -0.393 e. The Balaban J connectivity index is 3.91. The third-order valence-electron chi connectivity index (χ3n) is 4.00. The highest BCUT2D eigenvalue weighted by molar-refractivity contribution is 4.69. The first-order chi connectivity index (χ1) is 7.73. The minimum atomic E-state index is -0.204. The van der Waals surface area contributed by atoms with Crippen molar-refractivity contribution in [3.05, 3.63) is 0 Å². The van der Waals surface area contributed by atoms with Gasteiger partial charge in [-0.15, -0.1) is 0 Å². The third-order valence-corrected chi connectivity index (χ3v) is 4.00. The molecule has 0 unspecified atom stereocenters. The van der Waals surface area contributed by atoms with Gasteiger partial charge in [-0.05, 0) is 56.8 Å². The van der Waals surface area contributed by atoms with Crippen LogP contribution >= 0.6 is 0 Å². The maximum atomic E-state index is 9.49. The van der Waals surface area contributed by atoms with Crippen LogP contribution in [-0.4, -0.2) is 22.4 Å². The summed E-state index contributed by atoms with van der Waals surface area (Å²) in [5.74, 6) is 2.06. The smallest absolute Gasteiger partial charge is 0.0537 e. The molecule has 2 nitrogen and oxygen atoms in total. The lowest BCUT2D eigenvalue weighted by molar-refractivity contribution is 0.107. The molecule has 2 N–H and O–H groups in total. The minimum absolute atomic E-state index is 0.204. The summed E-state index contributed by atoms with van der Waals surface area (Å²) in [5, 5.41) is 19.0. The highest BCUT2D eigenvalue weighted by Crippen LogP contribution is 2.26. The quantitative estimate of drug-likeness (QED) is 0.686. The van der Waals surface area contributed by atoms with E-state index in [2.05, 4.69) is 27.7 Å². The van der Waals surface area contributed by atoms with Crippen LogP contribution in [0.2, 0.25) is 0 Å². The lowest BCUT2D eigenvalue weighted by atomic mass is 9.83. The fraction of sp³-hybridized carbons (Fsp3) is 1.00. The molecule has 0 fully saturated rings. The van der Waals surface area contributed by atoms with Gasteiger partial charge in [-0.25, -0.2) is 0 Å². The van der Waals surface area contributed by atoms with E-state index >= 15 is 0 Å². The second kappa shape index (κ2) is 8.10. The second-order valence-electron chi connectivity index (χ2n) is 6.35. The molecular formula is C15H32O2. The van der Waals surface area contributed by atoms with Crippen molar-refractivity contribution in [2.24, 2.45) is 23.7 Å². The van der Waals surface area contributed by atoms with Crippen molar-refractivity contribution < 1.29 is 10.2 Å². The van der Waals surface area contributed by atoms with Gasteiger partial charge in [0.05, 0.1) is 12.2 Å². The number of aliphatic hydroxyl groups is 2. The van der Waals surface area contributed by atoms with Crippen LogP contribution in [0.4, 0.5) is 0 Å². The van der Waals surface area contributed by atoms with Crippen molar-refractivity contribution >= 4 is 0 Å². The van der Waals surface area contributed by atoms with Crippen molar-refractivity contribution in [3.63, 3.8) is 0 Å². The summed E-state index contributed by atoms with van der Waals surface area (Å²) in [6.45, 7) is 12.5. The molecule has 0 amide bonds. The Morgan fingerprint density at radius 1 is 0.588 bits per heavy atom. The molecule has 0 bridgehead atoms. The molecule has 0 rings (SSSR count). The first-order valence-corrected chi connectivity index (χ1v) is 7.10. The monoisotopic (exact) mass is 244 g/mol. The second-order valence-corrected chi connectivity index (χ2v) is 6.35. The zero-order valence-corrected chi connectivity index (χ0v) is 12.5.